The number of fused-ring (bicyclic) bond motifs is 1. The van der Waals surface area contributed by atoms with Crippen LogP contribution in [0.2, 0.25) is 0 Å². The zero-order chi connectivity index (χ0) is 14.3. The van der Waals surface area contributed by atoms with Gasteiger partial charge in [0.2, 0.25) is 0 Å². The molecular formula is C17H19NO2. The lowest BCUT2D eigenvalue weighted by atomic mass is 9.83. The summed E-state index contributed by atoms with van der Waals surface area (Å²) in [6.45, 7) is 6.11. The Balaban J connectivity index is 1.96. The summed E-state index contributed by atoms with van der Waals surface area (Å²) in [7, 11) is 0. The van der Waals surface area contributed by atoms with Crippen molar-refractivity contribution in [3.63, 3.8) is 0 Å². The van der Waals surface area contributed by atoms with Gasteiger partial charge in [0.15, 0.2) is 5.78 Å². The quantitative estimate of drug-likeness (QED) is 0.784. The molecule has 1 aromatic heterocycles. The van der Waals surface area contributed by atoms with Gasteiger partial charge >= 0.3 is 0 Å². The fraction of sp³-hybridized carbons (Fsp3) is 0.412. The molecule has 104 valence electrons. The van der Waals surface area contributed by atoms with E-state index in [1.165, 1.54) is 0 Å². The topological polar surface area (TPSA) is 39.2 Å². The van der Waals surface area contributed by atoms with Crippen LogP contribution in [-0.2, 0) is 4.74 Å². The van der Waals surface area contributed by atoms with E-state index in [0.717, 1.165) is 10.9 Å². The summed E-state index contributed by atoms with van der Waals surface area (Å²) in [5.74, 6) is 0.310. The molecule has 0 radical (unpaired) electrons. The van der Waals surface area contributed by atoms with Gasteiger partial charge in [-0.15, -0.1) is 0 Å². The second-order valence-corrected chi connectivity index (χ2v) is 5.71. The molecule has 2 aromatic rings. The maximum absolute atomic E-state index is 12.7. The number of Topliss-reactive ketones (excluding diaryl/α,β-unsaturated/α-hetero) is 1. The average molecular weight is 269 g/mol. The van der Waals surface area contributed by atoms with Crippen molar-refractivity contribution in [1.82, 2.24) is 4.98 Å². The molecule has 3 heteroatoms. The van der Waals surface area contributed by atoms with E-state index in [-0.39, 0.29) is 29.8 Å². The lowest BCUT2D eigenvalue weighted by molar-refractivity contribution is 0.0491. The van der Waals surface area contributed by atoms with Crippen LogP contribution in [0.3, 0.4) is 0 Å². The van der Waals surface area contributed by atoms with Gasteiger partial charge in [-0.1, -0.05) is 25.1 Å². The number of carbonyl (C=O) groups excluding carboxylic acids is 1. The van der Waals surface area contributed by atoms with Gasteiger partial charge in [-0.3, -0.25) is 9.78 Å². The third-order valence-electron chi connectivity index (χ3n) is 4.42. The Morgan fingerprint density at radius 2 is 1.90 bits per heavy atom. The van der Waals surface area contributed by atoms with E-state index >= 15 is 0 Å². The number of para-hydroxylation sites is 1. The van der Waals surface area contributed by atoms with E-state index in [9.17, 15) is 4.79 Å². The van der Waals surface area contributed by atoms with Crippen molar-refractivity contribution in [3.05, 3.63) is 42.1 Å². The molecule has 0 spiro atoms. The highest BCUT2D eigenvalue weighted by atomic mass is 16.5. The zero-order valence-corrected chi connectivity index (χ0v) is 12.0. The monoisotopic (exact) mass is 269 g/mol. The Bertz CT molecular complexity index is 652. The predicted molar refractivity (Wildman–Crippen MR) is 78.7 cm³/mol. The minimum absolute atomic E-state index is 0.0287. The number of nitrogens with zero attached hydrogens (tertiary/aromatic N) is 1. The van der Waals surface area contributed by atoms with E-state index in [4.69, 9.17) is 4.74 Å². The first-order valence-corrected chi connectivity index (χ1v) is 7.12. The normalized spacial score (nSPS) is 29.8. The van der Waals surface area contributed by atoms with E-state index < -0.39 is 0 Å². The van der Waals surface area contributed by atoms with Crippen LogP contribution in [0, 0.1) is 11.8 Å². The molecule has 0 bridgehead atoms. The highest BCUT2D eigenvalue weighted by Gasteiger charge is 2.41. The van der Waals surface area contributed by atoms with Crippen LogP contribution in [0.5, 0.6) is 0 Å². The number of aromatic nitrogens is 1. The Labute approximate surface area is 119 Å². The first-order chi connectivity index (χ1) is 9.58. The maximum atomic E-state index is 12.7. The van der Waals surface area contributed by atoms with Crippen molar-refractivity contribution in [2.75, 3.05) is 0 Å². The largest absolute Gasteiger partial charge is 0.374 e. The molecule has 1 saturated heterocycles. The molecule has 3 nitrogen and oxygen atoms in total. The highest BCUT2D eigenvalue weighted by molar-refractivity contribution is 6.00. The van der Waals surface area contributed by atoms with Crippen molar-refractivity contribution in [1.29, 1.82) is 0 Å². The summed E-state index contributed by atoms with van der Waals surface area (Å²) in [6, 6.07) is 9.79. The molecule has 3 rings (SSSR count). The number of ether oxygens (including phenoxy) is 1. The minimum Gasteiger partial charge on any atom is -0.374 e. The van der Waals surface area contributed by atoms with Crippen molar-refractivity contribution < 1.29 is 9.53 Å². The number of pyridine rings is 1. The zero-order valence-electron chi connectivity index (χ0n) is 12.0. The minimum atomic E-state index is -0.0760. The second-order valence-electron chi connectivity index (χ2n) is 5.71. The molecule has 1 aliphatic rings. The second kappa shape index (κ2) is 4.98. The van der Waals surface area contributed by atoms with Crippen LogP contribution in [0.15, 0.2) is 36.5 Å². The Morgan fingerprint density at radius 1 is 1.15 bits per heavy atom. The van der Waals surface area contributed by atoms with Crippen LogP contribution in [0.25, 0.3) is 10.9 Å². The van der Waals surface area contributed by atoms with E-state index in [2.05, 4.69) is 11.9 Å². The number of carbonyl (C=O) groups is 1. The van der Waals surface area contributed by atoms with Crippen LogP contribution in [-0.4, -0.2) is 23.0 Å². The molecule has 1 aliphatic heterocycles. The van der Waals surface area contributed by atoms with Crippen molar-refractivity contribution >= 4 is 16.7 Å². The van der Waals surface area contributed by atoms with Crippen molar-refractivity contribution in [2.24, 2.45) is 11.8 Å². The number of hydrogen-bond donors (Lipinski definition) is 0. The Morgan fingerprint density at radius 3 is 2.60 bits per heavy atom. The molecule has 1 fully saturated rings. The van der Waals surface area contributed by atoms with Gasteiger partial charge in [0.1, 0.15) is 0 Å². The smallest absolute Gasteiger partial charge is 0.170 e. The molecule has 0 N–H and O–H groups in total. The summed E-state index contributed by atoms with van der Waals surface area (Å²) >= 11 is 0. The molecule has 4 atom stereocenters. The molecule has 0 saturated carbocycles. The number of hydrogen-bond acceptors (Lipinski definition) is 3. The first kappa shape index (κ1) is 13.3. The van der Waals surface area contributed by atoms with E-state index in [0.29, 0.717) is 5.56 Å². The molecule has 0 amide bonds. The van der Waals surface area contributed by atoms with Gasteiger partial charge in [0.05, 0.1) is 23.6 Å². The van der Waals surface area contributed by atoms with Crippen LogP contribution >= 0.6 is 0 Å². The highest BCUT2D eigenvalue weighted by Crippen LogP contribution is 2.34. The predicted octanol–water partition coefficient (Wildman–Crippen LogP) is 3.48. The lowest BCUT2D eigenvalue weighted by Crippen LogP contribution is -2.27. The molecule has 20 heavy (non-hydrogen) atoms. The van der Waals surface area contributed by atoms with Gasteiger partial charge in [-0.05, 0) is 31.9 Å². The summed E-state index contributed by atoms with van der Waals surface area (Å²) in [5, 5.41) is 1.01. The fourth-order valence-electron chi connectivity index (χ4n) is 3.12. The molecule has 2 heterocycles. The molecule has 1 aromatic carbocycles. The van der Waals surface area contributed by atoms with Gasteiger partial charge in [-0.25, -0.2) is 0 Å². The average Bonchev–Trinajstić information content (AvgIpc) is 2.71. The molecular weight excluding hydrogens is 250 g/mol. The third kappa shape index (κ3) is 2.12. The van der Waals surface area contributed by atoms with Crippen LogP contribution < -0.4 is 0 Å². The number of ketones is 1. The maximum Gasteiger partial charge on any atom is 0.170 e. The van der Waals surface area contributed by atoms with E-state index in [1.807, 2.05) is 44.2 Å². The van der Waals surface area contributed by atoms with Crippen LogP contribution in [0.1, 0.15) is 31.1 Å². The number of benzene rings is 1. The van der Waals surface area contributed by atoms with Crippen LogP contribution in [0.4, 0.5) is 0 Å². The van der Waals surface area contributed by atoms with Gasteiger partial charge in [0, 0.05) is 17.1 Å². The van der Waals surface area contributed by atoms with Crippen molar-refractivity contribution in [2.45, 2.75) is 33.0 Å². The summed E-state index contributed by atoms with van der Waals surface area (Å²) in [5.41, 5.74) is 1.60. The fourth-order valence-corrected chi connectivity index (χ4v) is 3.12. The van der Waals surface area contributed by atoms with Gasteiger partial charge in [-0.2, -0.15) is 0 Å². The van der Waals surface area contributed by atoms with Gasteiger partial charge in [0.25, 0.3) is 0 Å². The SMILES string of the molecule is CC1OC(C)C(C(=O)c2cnc3ccccc3c2)C1C. The van der Waals surface area contributed by atoms with Gasteiger partial charge < -0.3 is 4.74 Å². The lowest BCUT2D eigenvalue weighted by Gasteiger charge is -2.17. The number of rotatable bonds is 2. The van der Waals surface area contributed by atoms with E-state index in [1.54, 1.807) is 6.20 Å². The standard InChI is InChI=1S/C17H19NO2/c1-10-11(2)20-12(3)16(10)17(19)14-8-13-6-4-5-7-15(13)18-9-14/h4-12,16H,1-3H3. The Hall–Kier alpha value is -1.74. The molecule has 0 aliphatic carbocycles. The summed E-state index contributed by atoms with van der Waals surface area (Å²) in [4.78, 5) is 17.1. The summed E-state index contributed by atoms with van der Waals surface area (Å²) in [6.07, 6.45) is 1.79. The third-order valence-corrected chi connectivity index (χ3v) is 4.42. The van der Waals surface area contributed by atoms with Crippen molar-refractivity contribution in [3.8, 4) is 0 Å². The Kier molecular flexibility index (Phi) is 3.30. The molecule has 4 unspecified atom stereocenters. The summed E-state index contributed by atoms with van der Waals surface area (Å²) < 4.78 is 5.77. The first-order valence-electron chi connectivity index (χ1n) is 7.12.